The summed E-state index contributed by atoms with van der Waals surface area (Å²) in [4.78, 5) is 8.75. The minimum Gasteiger partial charge on any atom is -0.366 e. The first-order valence-corrected chi connectivity index (χ1v) is 7.82. The lowest BCUT2D eigenvalue weighted by molar-refractivity contribution is 0.232. The molecule has 1 aliphatic carbocycles. The Morgan fingerprint density at radius 3 is 2.68 bits per heavy atom. The second kappa shape index (κ2) is 6.07. The van der Waals surface area contributed by atoms with Gasteiger partial charge < -0.3 is 10.6 Å². The van der Waals surface area contributed by atoms with Gasteiger partial charge in [0.2, 0.25) is 5.95 Å². The summed E-state index contributed by atoms with van der Waals surface area (Å²) in [5.41, 5.74) is 0.496. The molecule has 19 heavy (non-hydrogen) atoms. The average Bonchev–Trinajstić information content (AvgIpc) is 2.36. The molecule has 2 N–H and O–H groups in total. The summed E-state index contributed by atoms with van der Waals surface area (Å²) in [6, 6.07) is 0.522. The number of nitrogens with zero attached hydrogens (tertiary/aromatic N) is 2. The third-order valence-electron chi connectivity index (χ3n) is 3.76. The lowest BCUT2D eigenvalue weighted by atomic mass is 9.75. The van der Waals surface area contributed by atoms with Gasteiger partial charge in [-0.3, -0.25) is 0 Å². The van der Waals surface area contributed by atoms with Crippen molar-refractivity contribution < 1.29 is 0 Å². The Bertz CT molecular complexity index is 423. The molecule has 1 heterocycles. The van der Waals surface area contributed by atoms with E-state index >= 15 is 0 Å². The van der Waals surface area contributed by atoms with Gasteiger partial charge in [0.1, 0.15) is 5.82 Å². The van der Waals surface area contributed by atoms with E-state index in [-0.39, 0.29) is 0 Å². The molecular weight excluding hydrogens is 304 g/mol. The van der Waals surface area contributed by atoms with E-state index in [0.717, 1.165) is 16.8 Å². The number of hydrogen-bond donors (Lipinski definition) is 2. The van der Waals surface area contributed by atoms with Crippen LogP contribution in [-0.2, 0) is 0 Å². The standard InChI is InChI=1S/C14H23BrN4/c1-4-16-13-17-9-11(15)12(19-13)18-10-5-7-14(2,3)8-6-10/h9-10H,4-8H2,1-3H3,(H2,16,17,18,19). The van der Waals surface area contributed by atoms with E-state index in [1.54, 1.807) is 6.20 Å². The van der Waals surface area contributed by atoms with Crippen LogP contribution in [0.2, 0.25) is 0 Å². The summed E-state index contributed by atoms with van der Waals surface area (Å²) >= 11 is 3.52. The minimum atomic E-state index is 0.496. The molecule has 106 valence electrons. The molecule has 1 aromatic rings. The SMILES string of the molecule is CCNc1ncc(Br)c(NC2CCC(C)(C)CC2)n1. The minimum absolute atomic E-state index is 0.496. The fourth-order valence-corrected chi connectivity index (χ4v) is 2.75. The van der Waals surface area contributed by atoms with Crippen LogP contribution in [0, 0.1) is 5.41 Å². The lowest BCUT2D eigenvalue weighted by Crippen LogP contribution is -2.30. The van der Waals surface area contributed by atoms with Gasteiger partial charge >= 0.3 is 0 Å². The Morgan fingerprint density at radius 2 is 2.05 bits per heavy atom. The summed E-state index contributed by atoms with van der Waals surface area (Å²) in [7, 11) is 0. The molecule has 0 bridgehead atoms. The first-order chi connectivity index (χ1) is 9.00. The van der Waals surface area contributed by atoms with E-state index in [1.807, 2.05) is 6.92 Å². The molecule has 0 radical (unpaired) electrons. The third-order valence-corrected chi connectivity index (χ3v) is 4.34. The normalized spacial score (nSPS) is 19.2. The molecule has 1 saturated carbocycles. The summed E-state index contributed by atoms with van der Waals surface area (Å²) < 4.78 is 0.930. The van der Waals surface area contributed by atoms with Crippen LogP contribution in [0.15, 0.2) is 10.7 Å². The zero-order chi connectivity index (χ0) is 13.9. The van der Waals surface area contributed by atoms with Crippen molar-refractivity contribution in [3.63, 3.8) is 0 Å². The molecule has 1 fully saturated rings. The van der Waals surface area contributed by atoms with Crippen molar-refractivity contribution in [2.24, 2.45) is 5.41 Å². The number of halogens is 1. The van der Waals surface area contributed by atoms with Gasteiger partial charge in [0.15, 0.2) is 0 Å². The zero-order valence-electron chi connectivity index (χ0n) is 12.0. The van der Waals surface area contributed by atoms with Gasteiger partial charge in [-0.2, -0.15) is 4.98 Å². The topological polar surface area (TPSA) is 49.8 Å². The first kappa shape index (κ1) is 14.6. The molecule has 2 rings (SSSR count). The lowest BCUT2D eigenvalue weighted by Gasteiger charge is -2.34. The largest absolute Gasteiger partial charge is 0.366 e. The van der Waals surface area contributed by atoms with Crippen molar-refractivity contribution in [3.8, 4) is 0 Å². The third kappa shape index (κ3) is 4.06. The summed E-state index contributed by atoms with van der Waals surface area (Å²) in [5, 5.41) is 6.69. The van der Waals surface area contributed by atoms with Crippen LogP contribution in [0.4, 0.5) is 11.8 Å². The van der Waals surface area contributed by atoms with Crippen molar-refractivity contribution in [3.05, 3.63) is 10.7 Å². The van der Waals surface area contributed by atoms with Gasteiger partial charge in [-0.15, -0.1) is 0 Å². The molecular formula is C14H23BrN4. The van der Waals surface area contributed by atoms with Gasteiger partial charge in [-0.1, -0.05) is 13.8 Å². The van der Waals surface area contributed by atoms with Crippen LogP contribution in [0.25, 0.3) is 0 Å². The molecule has 0 unspecified atom stereocenters. The molecule has 0 atom stereocenters. The van der Waals surface area contributed by atoms with E-state index in [2.05, 4.69) is 50.4 Å². The number of hydrogen-bond acceptors (Lipinski definition) is 4. The highest BCUT2D eigenvalue weighted by Gasteiger charge is 2.27. The zero-order valence-corrected chi connectivity index (χ0v) is 13.5. The van der Waals surface area contributed by atoms with E-state index in [9.17, 15) is 0 Å². The second-order valence-corrected chi connectivity index (χ2v) is 6.86. The highest BCUT2D eigenvalue weighted by atomic mass is 79.9. The van der Waals surface area contributed by atoms with Crippen LogP contribution < -0.4 is 10.6 Å². The van der Waals surface area contributed by atoms with Crippen LogP contribution in [0.5, 0.6) is 0 Å². The average molecular weight is 327 g/mol. The van der Waals surface area contributed by atoms with Crippen LogP contribution in [0.3, 0.4) is 0 Å². The number of rotatable bonds is 4. The molecule has 5 heteroatoms. The fraction of sp³-hybridized carbons (Fsp3) is 0.714. The highest BCUT2D eigenvalue weighted by molar-refractivity contribution is 9.10. The fourth-order valence-electron chi connectivity index (χ4n) is 2.45. The van der Waals surface area contributed by atoms with Gasteiger partial charge in [-0.25, -0.2) is 4.98 Å². The summed E-state index contributed by atoms with van der Waals surface area (Å²) in [6.45, 7) is 7.58. The first-order valence-electron chi connectivity index (χ1n) is 7.03. The molecule has 0 aliphatic heterocycles. The van der Waals surface area contributed by atoms with Crippen molar-refractivity contribution >= 4 is 27.7 Å². The van der Waals surface area contributed by atoms with Crippen LogP contribution in [-0.4, -0.2) is 22.6 Å². The van der Waals surface area contributed by atoms with Crippen molar-refractivity contribution in [1.29, 1.82) is 0 Å². The number of nitrogens with one attached hydrogen (secondary N) is 2. The number of anilines is 2. The monoisotopic (exact) mass is 326 g/mol. The second-order valence-electron chi connectivity index (χ2n) is 6.00. The van der Waals surface area contributed by atoms with Gasteiger partial charge in [0.05, 0.1) is 4.47 Å². The summed E-state index contributed by atoms with van der Waals surface area (Å²) in [6.07, 6.45) is 6.76. The molecule has 4 nitrogen and oxygen atoms in total. The Hall–Kier alpha value is -0.840. The van der Waals surface area contributed by atoms with E-state index in [0.29, 0.717) is 17.4 Å². The Balaban J connectivity index is 2.00. The Labute approximate surface area is 123 Å². The highest BCUT2D eigenvalue weighted by Crippen LogP contribution is 2.36. The quantitative estimate of drug-likeness (QED) is 0.876. The predicted molar refractivity (Wildman–Crippen MR) is 83.6 cm³/mol. The van der Waals surface area contributed by atoms with Crippen LogP contribution in [0.1, 0.15) is 46.5 Å². The maximum atomic E-state index is 4.51. The van der Waals surface area contributed by atoms with Gasteiger partial charge in [0.25, 0.3) is 0 Å². The van der Waals surface area contributed by atoms with Gasteiger partial charge in [-0.05, 0) is 54.0 Å². The molecule has 1 aromatic heterocycles. The molecule has 0 amide bonds. The van der Waals surface area contributed by atoms with Crippen molar-refractivity contribution in [1.82, 2.24) is 9.97 Å². The molecule has 0 aromatic carbocycles. The molecule has 0 saturated heterocycles. The Morgan fingerprint density at radius 1 is 1.37 bits per heavy atom. The predicted octanol–water partition coefficient (Wildman–Crippen LogP) is 4.05. The molecule has 1 aliphatic rings. The van der Waals surface area contributed by atoms with Crippen LogP contribution >= 0.6 is 15.9 Å². The summed E-state index contributed by atoms with van der Waals surface area (Å²) in [5.74, 6) is 1.58. The smallest absolute Gasteiger partial charge is 0.224 e. The maximum Gasteiger partial charge on any atom is 0.224 e. The van der Waals surface area contributed by atoms with Crippen molar-refractivity contribution in [2.45, 2.75) is 52.5 Å². The number of aromatic nitrogens is 2. The van der Waals surface area contributed by atoms with Gasteiger partial charge in [0, 0.05) is 18.8 Å². The van der Waals surface area contributed by atoms with E-state index in [1.165, 1.54) is 25.7 Å². The van der Waals surface area contributed by atoms with E-state index in [4.69, 9.17) is 0 Å². The van der Waals surface area contributed by atoms with Crippen molar-refractivity contribution in [2.75, 3.05) is 17.2 Å². The molecule has 0 spiro atoms. The Kier molecular flexibility index (Phi) is 4.66. The van der Waals surface area contributed by atoms with E-state index < -0.39 is 0 Å². The maximum absolute atomic E-state index is 4.51.